The highest BCUT2D eigenvalue weighted by molar-refractivity contribution is 6.04. The van der Waals surface area contributed by atoms with Gasteiger partial charge in [-0.15, -0.1) is 0 Å². The predicted molar refractivity (Wildman–Crippen MR) is 113 cm³/mol. The third kappa shape index (κ3) is 4.11. The molecule has 2 aliphatic rings. The summed E-state index contributed by atoms with van der Waals surface area (Å²) in [5.74, 6) is -1.52. The van der Waals surface area contributed by atoms with Crippen molar-refractivity contribution in [1.82, 2.24) is 9.97 Å². The zero-order valence-corrected chi connectivity index (χ0v) is 16.9. The van der Waals surface area contributed by atoms with Crippen LogP contribution in [0.25, 0.3) is 0 Å². The van der Waals surface area contributed by atoms with Gasteiger partial charge in [0.25, 0.3) is 11.2 Å². The Labute approximate surface area is 177 Å². The molecule has 3 heterocycles. The minimum atomic E-state index is -1.02. The molecule has 2 atom stereocenters. The maximum Gasteiger partial charge on any atom is 0.269 e. The third-order valence-corrected chi connectivity index (χ3v) is 5.68. The Kier molecular flexibility index (Phi) is 5.40. The number of aromatic nitrogens is 2. The SMILES string of the molecule is C[C@H]1CCCCN1c1nc2c(c(=O)[nH]1)[C@@H](C(=O)Nc1ccc([N+](=O)[O-])cc1)CC(=O)N2. The van der Waals surface area contributed by atoms with Crippen molar-refractivity contribution >= 4 is 35.0 Å². The molecule has 162 valence electrons. The van der Waals surface area contributed by atoms with Crippen LogP contribution in [-0.4, -0.2) is 39.3 Å². The van der Waals surface area contributed by atoms with Gasteiger partial charge in [0.1, 0.15) is 5.82 Å². The van der Waals surface area contributed by atoms with Gasteiger partial charge in [0.05, 0.1) is 16.4 Å². The number of nitro groups is 1. The van der Waals surface area contributed by atoms with Crippen molar-refractivity contribution in [3.8, 4) is 0 Å². The number of nitro benzene ring substituents is 1. The number of rotatable bonds is 4. The molecular formula is C20H22N6O5. The van der Waals surface area contributed by atoms with Crippen LogP contribution in [0.15, 0.2) is 29.1 Å². The molecule has 3 N–H and O–H groups in total. The van der Waals surface area contributed by atoms with Gasteiger partial charge in [0, 0.05) is 36.8 Å². The zero-order chi connectivity index (χ0) is 22.1. The van der Waals surface area contributed by atoms with Gasteiger partial charge >= 0.3 is 0 Å². The molecule has 1 aromatic carbocycles. The van der Waals surface area contributed by atoms with E-state index in [9.17, 15) is 24.5 Å². The minimum Gasteiger partial charge on any atom is -0.340 e. The monoisotopic (exact) mass is 426 g/mol. The molecule has 2 aliphatic heterocycles. The molecule has 11 nitrogen and oxygen atoms in total. The average molecular weight is 426 g/mol. The number of aromatic amines is 1. The maximum atomic E-state index is 12.9. The zero-order valence-electron chi connectivity index (χ0n) is 16.9. The van der Waals surface area contributed by atoms with Crippen molar-refractivity contribution in [2.75, 3.05) is 22.1 Å². The van der Waals surface area contributed by atoms with E-state index in [1.165, 1.54) is 24.3 Å². The Morgan fingerprint density at radius 3 is 2.68 bits per heavy atom. The van der Waals surface area contributed by atoms with E-state index in [2.05, 4.69) is 27.5 Å². The van der Waals surface area contributed by atoms with E-state index in [0.717, 1.165) is 25.8 Å². The van der Waals surface area contributed by atoms with Gasteiger partial charge in [0.2, 0.25) is 17.8 Å². The Bertz CT molecular complexity index is 1100. The van der Waals surface area contributed by atoms with Crippen molar-refractivity contribution in [1.29, 1.82) is 0 Å². The van der Waals surface area contributed by atoms with Gasteiger partial charge in [-0.1, -0.05) is 0 Å². The summed E-state index contributed by atoms with van der Waals surface area (Å²) in [6.07, 6.45) is 2.87. The van der Waals surface area contributed by atoms with E-state index in [4.69, 9.17) is 0 Å². The number of non-ortho nitro benzene ring substituents is 1. The van der Waals surface area contributed by atoms with Crippen LogP contribution in [0.3, 0.4) is 0 Å². The molecule has 11 heteroatoms. The van der Waals surface area contributed by atoms with E-state index in [1.54, 1.807) is 0 Å². The quantitative estimate of drug-likeness (QED) is 0.500. The van der Waals surface area contributed by atoms with E-state index < -0.39 is 28.2 Å². The summed E-state index contributed by atoms with van der Waals surface area (Å²) in [5, 5.41) is 16.0. The van der Waals surface area contributed by atoms with Gasteiger partial charge in [-0.05, 0) is 38.3 Å². The normalized spacial score (nSPS) is 20.5. The second kappa shape index (κ2) is 8.17. The molecule has 0 radical (unpaired) electrons. The molecule has 0 spiro atoms. The first-order chi connectivity index (χ1) is 14.8. The number of nitrogens with one attached hydrogen (secondary N) is 3. The predicted octanol–water partition coefficient (Wildman–Crippen LogP) is 2.12. The standard InChI is InChI=1S/C20H22N6O5/c1-11-4-2-3-9-25(11)20-23-17-16(19(29)24-20)14(10-15(27)22-17)18(28)21-12-5-7-13(8-6-12)26(30)31/h5-8,11,14H,2-4,9-10H2,1H3,(H,21,28)(H2,22,23,24,27,29)/t11-,14-/m0/s1. The molecule has 0 bridgehead atoms. The number of amides is 2. The Balaban J connectivity index is 1.62. The summed E-state index contributed by atoms with van der Waals surface area (Å²) in [4.78, 5) is 57.5. The fraction of sp³-hybridized carbons (Fsp3) is 0.400. The summed E-state index contributed by atoms with van der Waals surface area (Å²) in [6, 6.07) is 5.51. The lowest BCUT2D eigenvalue weighted by Crippen LogP contribution is -2.41. The summed E-state index contributed by atoms with van der Waals surface area (Å²) >= 11 is 0. The van der Waals surface area contributed by atoms with Gasteiger partial charge in [-0.3, -0.25) is 29.5 Å². The fourth-order valence-corrected chi connectivity index (χ4v) is 4.03. The van der Waals surface area contributed by atoms with E-state index >= 15 is 0 Å². The van der Waals surface area contributed by atoms with E-state index in [0.29, 0.717) is 11.6 Å². The third-order valence-electron chi connectivity index (χ3n) is 5.68. The lowest BCUT2D eigenvalue weighted by Gasteiger charge is -2.34. The molecular weight excluding hydrogens is 404 g/mol. The van der Waals surface area contributed by atoms with Crippen LogP contribution in [0.5, 0.6) is 0 Å². The highest BCUT2D eigenvalue weighted by Crippen LogP contribution is 2.31. The van der Waals surface area contributed by atoms with Crippen molar-refractivity contribution in [2.24, 2.45) is 0 Å². The Morgan fingerprint density at radius 1 is 1.26 bits per heavy atom. The molecule has 31 heavy (non-hydrogen) atoms. The summed E-state index contributed by atoms with van der Waals surface area (Å²) in [5.41, 5.74) is -0.152. The number of anilines is 3. The number of benzene rings is 1. The van der Waals surface area contributed by atoms with Crippen LogP contribution in [0, 0.1) is 10.1 Å². The second-order valence-electron chi connectivity index (χ2n) is 7.79. The number of carbonyl (C=O) groups excluding carboxylic acids is 2. The topological polar surface area (TPSA) is 150 Å². The molecule has 1 fully saturated rings. The smallest absolute Gasteiger partial charge is 0.269 e. The van der Waals surface area contributed by atoms with Crippen LogP contribution in [0.2, 0.25) is 0 Å². The molecule has 1 saturated heterocycles. The van der Waals surface area contributed by atoms with E-state index in [1.807, 2.05) is 4.90 Å². The molecule has 4 rings (SSSR count). The van der Waals surface area contributed by atoms with Gasteiger partial charge in [0.15, 0.2) is 0 Å². The minimum absolute atomic E-state index is 0.0941. The first-order valence-electron chi connectivity index (χ1n) is 10.1. The van der Waals surface area contributed by atoms with Gasteiger partial charge in [-0.2, -0.15) is 4.98 Å². The van der Waals surface area contributed by atoms with Crippen molar-refractivity contribution in [2.45, 2.75) is 44.6 Å². The summed E-state index contributed by atoms with van der Waals surface area (Å²) < 4.78 is 0. The van der Waals surface area contributed by atoms with Crippen molar-refractivity contribution in [3.05, 3.63) is 50.3 Å². The number of piperidine rings is 1. The highest BCUT2D eigenvalue weighted by atomic mass is 16.6. The Morgan fingerprint density at radius 2 is 2.00 bits per heavy atom. The number of H-pyrrole nitrogens is 1. The van der Waals surface area contributed by atoms with Crippen LogP contribution >= 0.6 is 0 Å². The van der Waals surface area contributed by atoms with Crippen molar-refractivity contribution in [3.63, 3.8) is 0 Å². The number of carbonyl (C=O) groups is 2. The number of fused-ring (bicyclic) bond motifs is 1. The number of hydrogen-bond acceptors (Lipinski definition) is 7. The van der Waals surface area contributed by atoms with Gasteiger partial charge < -0.3 is 15.5 Å². The fourth-order valence-electron chi connectivity index (χ4n) is 4.03. The largest absolute Gasteiger partial charge is 0.340 e. The number of hydrogen-bond donors (Lipinski definition) is 3. The molecule has 2 amide bonds. The maximum absolute atomic E-state index is 12.9. The number of nitrogens with zero attached hydrogens (tertiary/aromatic N) is 3. The van der Waals surface area contributed by atoms with E-state index in [-0.39, 0.29) is 29.5 Å². The molecule has 2 aromatic rings. The van der Waals surface area contributed by atoms with Crippen LogP contribution in [-0.2, 0) is 9.59 Å². The molecule has 1 aromatic heterocycles. The molecule has 0 unspecified atom stereocenters. The lowest BCUT2D eigenvalue weighted by molar-refractivity contribution is -0.384. The van der Waals surface area contributed by atoms with Crippen molar-refractivity contribution < 1.29 is 14.5 Å². The van der Waals surface area contributed by atoms with Gasteiger partial charge in [-0.25, -0.2) is 0 Å². The van der Waals surface area contributed by atoms with Crippen LogP contribution in [0.1, 0.15) is 44.1 Å². The Hall–Kier alpha value is -3.76. The van der Waals surface area contributed by atoms with Crippen LogP contribution in [0.4, 0.5) is 23.1 Å². The lowest BCUT2D eigenvalue weighted by atomic mass is 9.92. The molecule has 0 saturated carbocycles. The highest BCUT2D eigenvalue weighted by Gasteiger charge is 2.35. The molecule has 0 aliphatic carbocycles. The first kappa shape index (κ1) is 20.5. The summed E-state index contributed by atoms with van der Waals surface area (Å²) in [7, 11) is 0. The average Bonchev–Trinajstić information content (AvgIpc) is 2.73. The summed E-state index contributed by atoms with van der Waals surface area (Å²) in [6.45, 7) is 2.80. The second-order valence-corrected chi connectivity index (χ2v) is 7.79. The first-order valence-corrected chi connectivity index (χ1v) is 10.1. The van der Waals surface area contributed by atoms with Crippen LogP contribution < -0.4 is 21.1 Å².